The van der Waals surface area contributed by atoms with Gasteiger partial charge < -0.3 is 11.1 Å². The number of ketones is 1. The Morgan fingerprint density at radius 1 is 1.20 bits per heavy atom. The number of carbonyl (C=O) groups excluding carboxylic acids is 2. The summed E-state index contributed by atoms with van der Waals surface area (Å²) in [4.78, 5) is 26.7. The zero-order chi connectivity index (χ0) is 17.6. The molecule has 1 saturated heterocycles. The summed E-state index contributed by atoms with van der Waals surface area (Å²) < 4.78 is 0. The predicted octanol–water partition coefficient (Wildman–Crippen LogP) is 2.26. The minimum Gasteiger partial charge on any atom is -0.372 e. The van der Waals surface area contributed by atoms with E-state index in [1.807, 2.05) is 48.6 Å². The first-order chi connectivity index (χ1) is 12.1. The van der Waals surface area contributed by atoms with Crippen LogP contribution in [0.5, 0.6) is 0 Å². The number of para-hydroxylation sites is 1. The number of carbonyl (C=O) groups is 2. The average Bonchev–Trinajstić information content (AvgIpc) is 2.85. The normalized spacial score (nSPS) is 24.5. The van der Waals surface area contributed by atoms with E-state index in [2.05, 4.69) is 10.2 Å². The van der Waals surface area contributed by atoms with Crippen molar-refractivity contribution in [2.45, 2.75) is 37.8 Å². The molecule has 132 valence electrons. The molecule has 1 unspecified atom stereocenters. The lowest BCUT2D eigenvalue weighted by Gasteiger charge is -2.29. The average molecular weight is 339 g/mol. The van der Waals surface area contributed by atoms with Crippen LogP contribution in [-0.2, 0) is 9.59 Å². The maximum Gasteiger partial charge on any atom is 0.234 e. The summed E-state index contributed by atoms with van der Waals surface area (Å²) in [5, 5.41) is 3.26. The van der Waals surface area contributed by atoms with Crippen molar-refractivity contribution in [2.75, 3.05) is 18.4 Å². The van der Waals surface area contributed by atoms with Crippen molar-refractivity contribution in [3.05, 3.63) is 54.1 Å². The lowest BCUT2D eigenvalue weighted by atomic mass is 9.97. The summed E-state index contributed by atoms with van der Waals surface area (Å²) in [7, 11) is 0. The topological polar surface area (TPSA) is 75.4 Å². The Balaban J connectivity index is 1.69. The molecule has 1 heterocycles. The molecule has 5 heteroatoms. The third-order valence-electron chi connectivity index (χ3n) is 4.86. The number of nitrogens with two attached hydrogens (primary N) is 1. The van der Waals surface area contributed by atoms with Crippen LogP contribution < -0.4 is 11.1 Å². The van der Waals surface area contributed by atoms with Crippen LogP contribution in [0.3, 0.4) is 0 Å². The maximum atomic E-state index is 12.8. The Morgan fingerprint density at radius 2 is 2.00 bits per heavy atom. The molecule has 25 heavy (non-hydrogen) atoms. The van der Waals surface area contributed by atoms with Crippen LogP contribution in [0.15, 0.2) is 54.1 Å². The highest BCUT2D eigenvalue weighted by Gasteiger charge is 2.29. The summed E-state index contributed by atoms with van der Waals surface area (Å²) in [6, 6.07) is 9.05. The number of anilines is 1. The molecule has 1 aliphatic carbocycles. The van der Waals surface area contributed by atoms with Crippen molar-refractivity contribution in [3.63, 3.8) is 0 Å². The molecule has 0 spiro atoms. The van der Waals surface area contributed by atoms with Gasteiger partial charge in [-0.1, -0.05) is 49.3 Å². The number of Topliss-reactive ketones (excluding diaryl/α,β-unsaturated/α-hetero) is 1. The Bertz CT molecular complexity index is 681. The van der Waals surface area contributed by atoms with Gasteiger partial charge in [-0.25, -0.2) is 0 Å². The van der Waals surface area contributed by atoms with Gasteiger partial charge in [-0.05, 0) is 31.5 Å². The highest BCUT2D eigenvalue weighted by Crippen LogP contribution is 2.21. The standard InChI is InChI=1S/C20H25N3O2/c21-20(25)18-12-5-2-6-13-23(18)14-15-8-7-11-17(19(15)24)22-16-9-3-1-4-10-16/h1,3-4,7-11,17-18,22H,2,5-6,12-14H2,(H2,21,25)/t17-,18?/m0/s1. The molecule has 3 N–H and O–H groups in total. The van der Waals surface area contributed by atoms with Crippen molar-refractivity contribution in [1.29, 1.82) is 0 Å². The summed E-state index contributed by atoms with van der Waals surface area (Å²) >= 11 is 0. The Morgan fingerprint density at radius 3 is 2.76 bits per heavy atom. The minimum absolute atomic E-state index is 0.0545. The van der Waals surface area contributed by atoms with Gasteiger partial charge in [-0.3, -0.25) is 14.5 Å². The minimum atomic E-state index is -0.374. The van der Waals surface area contributed by atoms with E-state index in [9.17, 15) is 9.59 Å². The molecule has 2 atom stereocenters. The summed E-state index contributed by atoms with van der Waals surface area (Å²) in [6.07, 6.45) is 9.56. The SMILES string of the molecule is NC(=O)C1CCCCCN1CC1=CC=C[C@H](Nc2ccccc2)C1=O. The maximum absolute atomic E-state index is 12.8. The van der Waals surface area contributed by atoms with Crippen molar-refractivity contribution >= 4 is 17.4 Å². The number of likely N-dealkylation sites (tertiary alicyclic amines) is 1. The zero-order valence-electron chi connectivity index (χ0n) is 14.4. The number of benzene rings is 1. The predicted molar refractivity (Wildman–Crippen MR) is 99.1 cm³/mol. The van der Waals surface area contributed by atoms with Crippen molar-refractivity contribution in [1.82, 2.24) is 4.90 Å². The zero-order valence-corrected chi connectivity index (χ0v) is 14.4. The molecule has 0 radical (unpaired) electrons. The van der Waals surface area contributed by atoms with Crippen LogP contribution in [0.4, 0.5) is 5.69 Å². The summed E-state index contributed by atoms with van der Waals surface area (Å²) in [6.45, 7) is 1.28. The fourth-order valence-electron chi connectivity index (χ4n) is 3.51. The number of nitrogens with one attached hydrogen (secondary N) is 1. The Kier molecular flexibility index (Phi) is 5.66. The Labute approximate surface area is 148 Å². The smallest absolute Gasteiger partial charge is 0.234 e. The second-order valence-corrected chi connectivity index (χ2v) is 6.67. The van der Waals surface area contributed by atoms with Crippen LogP contribution in [0, 0.1) is 0 Å². The molecule has 0 bridgehead atoms. The second-order valence-electron chi connectivity index (χ2n) is 6.67. The molecular weight excluding hydrogens is 314 g/mol. The molecule has 0 aromatic heterocycles. The molecule has 1 amide bonds. The van der Waals surface area contributed by atoms with E-state index in [0.29, 0.717) is 6.54 Å². The highest BCUT2D eigenvalue weighted by atomic mass is 16.1. The first-order valence-corrected chi connectivity index (χ1v) is 8.91. The lowest BCUT2D eigenvalue weighted by Crippen LogP contribution is -2.46. The van der Waals surface area contributed by atoms with Gasteiger partial charge >= 0.3 is 0 Å². The van der Waals surface area contributed by atoms with Crippen LogP contribution in [0.1, 0.15) is 25.7 Å². The fraction of sp³-hybridized carbons (Fsp3) is 0.400. The molecule has 1 aromatic carbocycles. The largest absolute Gasteiger partial charge is 0.372 e. The van der Waals surface area contributed by atoms with Gasteiger partial charge in [0.25, 0.3) is 0 Å². The summed E-state index contributed by atoms with van der Waals surface area (Å²) in [5.74, 6) is -0.237. The number of amides is 1. The van der Waals surface area contributed by atoms with Crippen LogP contribution in [-0.4, -0.2) is 41.8 Å². The molecule has 1 aliphatic heterocycles. The molecule has 1 fully saturated rings. The van der Waals surface area contributed by atoms with E-state index in [1.165, 1.54) is 0 Å². The molecule has 2 aliphatic rings. The van der Waals surface area contributed by atoms with Gasteiger partial charge in [0.05, 0.1) is 6.04 Å². The molecule has 3 rings (SSSR count). The highest BCUT2D eigenvalue weighted by molar-refractivity contribution is 6.04. The van der Waals surface area contributed by atoms with Crippen LogP contribution in [0.25, 0.3) is 0 Å². The third-order valence-corrected chi connectivity index (χ3v) is 4.86. The Hall–Kier alpha value is -2.40. The number of allylic oxidation sites excluding steroid dienone is 2. The van der Waals surface area contributed by atoms with Gasteiger partial charge in [-0.2, -0.15) is 0 Å². The second kappa shape index (κ2) is 8.12. The first kappa shape index (κ1) is 17.4. The van der Waals surface area contributed by atoms with Gasteiger partial charge in [0.2, 0.25) is 5.91 Å². The van der Waals surface area contributed by atoms with Gasteiger partial charge in [0.15, 0.2) is 5.78 Å². The van der Waals surface area contributed by atoms with Gasteiger partial charge in [-0.15, -0.1) is 0 Å². The number of nitrogens with zero attached hydrogens (tertiary/aromatic N) is 1. The van der Waals surface area contributed by atoms with Crippen LogP contribution in [0.2, 0.25) is 0 Å². The fourth-order valence-corrected chi connectivity index (χ4v) is 3.51. The molecular formula is C20H25N3O2. The van der Waals surface area contributed by atoms with Gasteiger partial charge in [0.1, 0.15) is 6.04 Å². The van der Waals surface area contributed by atoms with Crippen molar-refractivity contribution in [3.8, 4) is 0 Å². The van der Waals surface area contributed by atoms with Crippen molar-refractivity contribution in [2.24, 2.45) is 5.73 Å². The van der Waals surface area contributed by atoms with E-state index in [4.69, 9.17) is 5.73 Å². The first-order valence-electron chi connectivity index (χ1n) is 8.91. The van der Waals surface area contributed by atoms with Crippen molar-refractivity contribution < 1.29 is 9.59 Å². The van der Waals surface area contributed by atoms with E-state index < -0.39 is 0 Å². The van der Waals surface area contributed by atoms with Gasteiger partial charge in [0, 0.05) is 17.8 Å². The number of rotatable bonds is 5. The number of hydrogen-bond donors (Lipinski definition) is 2. The molecule has 5 nitrogen and oxygen atoms in total. The van der Waals surface area contributed by atoms with E-state index in [0.717, 1.165) is 43.5 Å². The van der Waals surface area contributed by atoms with E-state index >= 15 is 0 Å². The lowest BCUT2D eigenvalue weighted by molar-refractivity contribution is -0.123. The number of primary amides is 1. The molecule has 1 aromatic rings. The van der Waals surface area contributed by atoms with E-state index in [-0.39, 0.29) is 23.8 Å². The summed E-state index contributed by atoms with van der Waals surface area (Å²) in [5.41, 5.74) is 7.22. The third kappa shape index (κ3) is 4.37. The van der Waals surface area contributed by atoms with E-state index in [1.54, 1.807) is 0 Å². The molecule has 0 saturated carbocycles. The van der Waals surface area contributed by atoms with Crippen LogP contribution >= 0.6 is 0 Å². The quantitative estimate of drug-likeness (QED) is 0.863. The number of hydrogen-bond acceptors (Lipinski definition) is 4. The monoisotopic (exact) mass is 339 g/mol.